The summed E-state index contributed by atoms with van der Waals surface area (Å²) < 4.78 is 2.04. The molecule has 0 N–H and O–H groups in total. The number of hydrogen-bond acceptors (Lipinski definition) is 4. The first kappa shape index (κ1) is 18.5. The van der Waals surface area contributed by atoms with Gasteiger partial charge in [0.25, 0.3) is 0 Å². The van der Waals surface area contributed by atoms with E-state index >= 15 is 0 Å². The van der Waals surface area contributed by atoms with Crippen LogP contribution in [-0.4, -0.2) is 40.1 Å². The molecule has 0 spiro atoms. The Hall–Kier alpha value is -1.82. The molecule has 4 nitrogen and oxygen atoms in total. The lowest BCUT2D eigenvalue weighted by Crippen LogP contribution is -2.15. The molecule has 4 rings (SSSR count). The third-order valence-electron chi connectivity index (χ3n) is 4.92. The van der Waals surface area contributed by atoms with Crippen molar-refractivity contribution in [1.82, 2.24) is 19.4 Å². The van der Waals surface area contributed by atoms with Crippen LogP contribution >= 0.6 is 23.4 Å². The van der Waals surface area contributed by atoms with Crippen LogP contribution in [0.3, 0.4) is 0 Å². The molecule has 2 heterocycles. The van der Waals surface area contributed by atoms with Crippen LogP contribution in [0.25, 0.3) is 11.3 Å². The number of hydrogen-bond donors (Lipinski definition) is 0. The smallest absolute Gasteiger partial charge is 0.109 e. The molecule has 1 aliphatic rings. The Morgan fingerprint density at radius 1 is 1.15 bits per heavy atom. The number of rotatable bonds is 6. The van der Waals surface area contributed by atoms with Crippen molar-refractivity contribution < 1.29 is 0 Å². The molecule has 0 amide bonds. The Bertz CT molecular complexity index is 918. The number of aryl methyl sites for hydroxylation is 1. The fourth-order valence-corrected chi connectivity index (χ4v) is 4.48. The second-order valence-corrected chi connectivity index (χ2v) is 8.86. The van der Waals surface area contributed by atoms with Crippen molar-refractivity contribution in [2.75, 3.05) is 20.6 Å². The third-order valence-corrected chi connectivity index (χ3v) is 6.27. The summed E-state index contributed by atoms with van der Waals surface area (Å²) in [5.74, 6) is 1.50. The predicted molar refractivity (Wildman–Crippen MR) is 111 cm³/mol. The van der Waals surface area contributed by atoms with Gasteiger partial charge in [-0.05, 0) is 61.8 Å². The maximum atomic E-state index is 5.94. The molecule has 1 unspecified atom stereocenters. The molecule has 0 radical (unpaired) electrons. The van der Waals surface area contributed by atoms with E-state index in [1.807, 2.05) is 30.1 Å². The summed E-state index contributed by atoms with van der Waals surface area (Å²) in [6.45, 7) is 1.17. The fraction of sp³-hybridized carbons (Fsp3) is 0.333. The van der Waals surface area contributed by atoms with Gasteiger partial charge in [0.05, 0.1) is 11.3 Å². The van der Waals surface area contributed by atoms with Crippen molar-refractivity contribution in [3.8, 4) is 11.3 Å². The Balaban J connectivity index is 1.53. The van der Waals surface area contributed by atoms with Crippen LogP contribution in [0.1, 0.15) is 17.9 Å². The van der Waals surface area contributed by atoms with Gasteiger partial charge < -0.3 is 9.47 Å². The molecular weight excluding hydrogens is 376 g/mol. The number of benzene rings is 1. The van der Waals surface area contributed by atoms with Crippen LogP contribution in [0.5, 0.6) is 0 Å². The lowest BCUT2D eigenvalue weighted by Gasteiger charge is -2.09. The van der Waals surface area contributed by atoms with Gasteiger partial charge in [0, 0.05) is 25.4 Å². The fourth-order valence-electron chi connectivity index (χ4n) is 3.47. The number of halogens is 1. The van der Waals surface area contributed by atoms with Gasteiger partial charge in [0.15, 0.2) is 0 Å². The van der Waals surface area contributed by atoms with E-state index in [1.54, 1.807) is 18.0 Å². The molecule has 140 valence electrons. The maximum absolute atomic E-state index is 5.94. The quantitative estimate of drug-likeness (QED) is 0.588. The Morgan fingerprint density at radius 2 is 1.93 bits per heavy atom. The van der Waals surface area contributed by atoms with Crippen molar-refractivity contribution in [1.29, 1.82) is 0 Å². The van der Waals surface area contributed by atoms with E-state index in [1.165, 1.54) is 18.5 Å². The van der Waals surface area contributed by atoms with Crippen molar-refractivity contribution in [3.05, 3.63) is 59.5 Å². The Labute approximate surface area is 169 Å². The minimum absolute atomic E-state index is 0.646. The van der Waals surface area contributed by atoms with Crippen molar-refractivity contribution in [3.63, 3.8) is 0 Å². The summed E-state index contributed by atoms with van der Waals surface area (Å²) in [7, 11) is 6.31. The summed E-state index contributed by atoms with van der Waals surface area (Å²) in [4.78, 5) is 11.3. The van der Waals surface area contributed by atoms with Gasteiger partial charge in [-0.2, -0.15) is 0 Å². The standard InChI is InChI=1S/C21H23ClN4S/c1-25(2)12-16-10-18(16)14-4-6-15(7-5-14)20-21(26(3)13-24-20)27-19-9-8-17(22)11-23-19/h4-9,11,13,16,18H,10,12H2,1-3H3/t16?,18-/m0/s1. The van der Waals surface area contributed by atoms with Gasteiger partial charge in [-0.15, -0.1) is 0 Å². The normalized spacial score (nSPS) is 18.9. The second kappa shape index (κ2) is 7.66. The van der Waals surface area contributed by atoms with Crippen LogP contribution in [0.15, 0.2) is 59.0 Å². The monoisotopic (exact) mass is 398 g/mol. The largest absolute Gasteiger partial charge is 0.328 e. The summed E-state index contributed by atoms with van der Waals surface area (Å²) in [5.41, 5.74) is 3.57. The highest BCUT2D eigenvalue weighted by atomic mass is 35.5. The van der Waals surface area contributed by atoms with E-state index < -0.39 is 0 Å². The molecule has 2 atom stereocenters. The van der Waals surface area contributed by atoms with Crippen molar-refractivity contribution in [2.45, 2.75) is 22.4 Å². The molecule has 1 fully saturated rings. The minimum Gasteiger partial charge on any atom is -0.328 e. The third kappa shape index (κ3) is 4.21. The van der Waals surface area contributed by atoms with Crippen molar-refractivity contribution in [2.24, 2.45) is 13.0 Å². The van der Waals surface area contributed by atoms with E-state index in [4.69, 9.17) is 11.6 Å². The second-order valence-electron chi connectivity index (χ2n) is 7.41. The summed E-state index contributed by atoms with van der Waals surface area (Å²) >= 11 is 7.55. The van der Waals surface area contributed by atoms with Crippen LogP contribution in [0.4, 0.5) is 0 Å². The molecule has 2 aromatic heterocycles. The lowest BCUT2D eigenvalue weighted by molar-refractivity contribution is 0.385. The minimum atomic E-state index is 0.646. The van der Waals surface area contributed by atoms with E-state index in [0.29, 0.717) is 10.9 Å². The topological polar surface area (TPSA) is 34.0 Å². The lowest BCUT2D eigenvalue weighted by atomic mass is 10.1. The highest BCUT2D eigenvalue weighted by molar-refractivity contribution is 7.99. The van der Waals surface area contributed by atoms with E-state index in [9.17, 15) is 0 Å². The number of imidazole rings is 1. The summed E-state index contributed by atoms with van der Waals surface area (Å²) in [6, 6.07) is 12.7. The highest BCUT2D eigenvalue weighted by Crippen LogP contribution is 2.48. The molecule has 1 aliphatic carbocycles. The molecule has 1 saturated carbocycles. The zero-order valence-corrected chi connectivity index (χ0v) is 17.3. The first-order valence-corrected chi connectivity index (χ1v) is 10.3. The summed E-state index contributed by atoms with van der Waals surface area (Å²) in [5, 5.41) is 2.63. The average molecular weight is 399 g/mol. The molecule has 27 heavy (non-hydrogen) atoms. The van der Waals surface area contributed by atoms with Gasteiger partial charge in [-0.3, -0.25) is 0 Å². The van der Waals surface area contributed by atoms with E-state index in [-0.39, 0.29) is 0 Å². The van der Waals surface area contributed by atoms with Gasteiger partial charge >= 0.3 is 0 Å². The van der Waals surface area contributed by atoms with E-state index in [2.05, 4.69) is 53.2 Å². The molecule has 0 saturated heterocycles. The number of pyridine rings is 1. The number of nitrogens with zero attached hydrogens (tertiary/aromatic N) is 4. The molecule has 1 aromatic carbocycles. The van der Waals surface area contributed by atoms with Crippen LogP contribution < -0.4 is 0 Å². The van der Waals surface area contributed by atoms with E-state index in [0.717, 1.165) is 27.2 Å². The SMILES string of the molecule is CN(C)CC1C[C@H]1c1ccc(-c2ncn(C)c2Sc2ccc(Cl)cn2)cc1. The van der Waals surface area contributed by atoms with Crippen LogP contribution in [0, 0.1) is 5.92 Å². The van der Waals surface area contributed by atoms with Gasteiger partial charge in [0.1, 0.15) is 15.7 Å². The molecule has 3 aromatic rings. The first-order chi connectivity index (χ1) is 13.0. The summed E-state index contributed by atoms with van der Waals surface area (Å²) in [6.07, 6.45) is 4.83. The van der Waals surface area contributed by atoms with Crippen LogP contribution in [0.2, 0.25) is 5.02 Å². The number of aromatic nitrogens is 3. The van der Waals surface area contributed by atoms with Gasteiger partial charge in [-0.25, -0.2) is 9.97 Å². The Kier molecular flexibility index (Phi) is 5.26. The van der Waals surface area contributed by atoms with Crippen molar-refractivity contribution >= 4 is 23.4 Å². The maximum Gasteiger partial charge on any atom is 0.109 e. The Morgan fingerprint density at radius 3 is 2.59 bits per heavy atom. The van der Waals surface area contributed by atoms with Gasteiger partial charge in [-0.1, -0.05) is 35.9 Å². The zero-order valence-electron chi connectivity index (χ0n) is 15.8. The molecule has 0 bridgehead atoms. The highest BCUT2D eigenvalue weighted by Gasteiger charge is 2.38. The average Bonchev–Trinajstić information content (AvgIpc) is 3.31. The molecule has 0 aliphatic heterocycles. The molecule has 6 heteroatoms. The molecular formula is C21H23ClN4S. The first-order valence-electron chi connectivity index (χ1n) is 9.07. The predicted octanol–water partition coefficient (Wildman–Crippen LogP) is 4.95. The zero-order chi connectivity index (χ0) is 19.0. The van der Waals surface area contributed by atoms with Gasteiger partial charge in [0.2, 0.25) is 0 Å². The van der Waals surface area contributed by atoms with Crippen LogP contribution in [-0.2, 0) is 7.05 Å².